The molecule has 23 heavy (non-hydrogen) atoms. The Balaban J connectivity index is 1.47. The van der Waals surface area contributed by atoms with E-state index >= 15 is 0 Å². The van der Waals surface area contributed by atoms with Crippen LogP contribution in [-0.2, 0) is 6.54 Å². The van der Waals surface area contributed by atoms with Gasteiger partial charge in [0, 0.05) is 11.8 Å². The minimum absolute atomic E-state index is 0.253. The molecule has 0 atom stereocenters. The summed E-state index contributed by atoms with van der Waals surface area (Å²) in [6.45, 7) is 0.747. The third-order valence-corrected chi connectivity index (χ3v) is 3.64. The number of rotatable bonds is 4. The fourth-order valence-electron chi connectivity index (χ4n) is 2.47. The van der Waals surface area contributed by atoms with Crippen LogP contribution in [0.2, 0.25) is 0 Å². The van der Waals surface area contributed by atoms with Gasteiger partial charge in [-0.15, -0.1) is 0 Å². The van der Waals surface area contributed by atoms with E-state index < -0.39 is 0 Å². The molecule has 0 bridgehead atoms. The molecule has 0 fully saturated rings. The summed E-state index contributed by atoms with van der Waals surface area (Å²) in [6.07, 6.45) is 0. The highest BCUT2D eigenvalue weighted by Crippen LogP contribution is 2.34. The van der Waals surface area contributed by atoms with Gasteiger partial charge < -0.3 is 19.2 Å². The van der Waals surface area contributed by atoms with Crippen molar-refractivity contribution in [3.8, 4) is 22.8 Å². The maximum Gasteiger partial charge on any atom is 0.231 e. The van der Waals surface area contributed by atoms with Gasteiger partial charge in [0.25, 0.3) is 0 Å². The van der Waals surface area contributed by atoms with E-state index in [1.54, 1.807) is 24.3 Å². The Labute approximate surface area is 132 Å². The number of hydrogen-bond donors (Lipinski definition) is 1. The average molecular weight is 311 g/mol. The summed E-state index contributed by atoms with van der Waals surface area (Å²) in [5.41, 5.74) is 1.36. The predicted molar refractivity (Wildman–Crippen MR) is 84.0 cm³/mol. The summed E-state index contributed by atoms with van der Waals surface area (Å²) in [4.78, 5) is 0. The van der Waals surface area contributed by atoms with E-state index in [-0.39, 0.29) is 12.6 Å². The first-order valence-electron chi connectivity index (χ1n) is 7.27. The Bertz CT molecular complexity index is 844. The minimum Gasteiger partial charge on any atom is -0.459 e. The minimum atomic E-state index is -0.294. The fourth-order valence-corrected chi connectivity index (χ4v) is 2.47. The standard InChI is InChI=1S/C18H14FNO3/c19-15-4-2-1-3-14(15)16-8-6-13(23-16)10-20-12-5-7-17-18(9-12)22-11-21-17/h1-9,20H,10-11H2. The lowest BCUT2D eigenvalue weighted by atomic mass is 10.1. The molecule has 0 saturated heterocycles. The van der Waals surface area contributed by atoms with E-state index in [0.29, 0.717) is 17.9 Å². The van der Waals surface area contributed by atoms with Crippen LogP contribution in [0.3, 0.4) is 0 Å². The SMILES string of the molecule is Fc1ccccc1-c1ccc(CNc2ccc3c(c2)OCO3)o1. The van der Waals surface area contributed by atoms with Gasteiger partial charge in [-0.25, -0.2) is 4.39 Å². The van der Waals surface area contributed by atoms with Crippen LogP contribution in [0.15, 0.2) is 59.0 Å². The highest BCUT2D eigenvalue weighted by atomic mass is 19.1. The van der Waals surface area contributed by atoms with Crippen molar-refractivity contribution in [2.45, 2.75) is 6.54 Å². The zero-order valence-electron chi connectivity index (χ0n) is 12.2. The molecule has 0 spiro atoms. The van der Waals surface area contributed by atoms with Crippen molar-refractivity contribution in [2.75, 3.05) is 12.1 Å². The van der Waals surface area contributed by atoms with Gasteiger partial charge >= 0.3 is 0 Å². The molecule has 4 nitrogen and oxygen atoms in total. The van der Waals surface area contributed by atoms with Crippen molar-refractivity contribution in [2.24, 2.45) is 0 Å². The lowest BCUT2D eigenvalue weighted by Crippen LogP contribution is -1.97. The van der Waals surface area contributed by atoms with Crippen molar-refractivity contribution >= 4 is 5.69 Å². The van der Waals surface area contributed by atoms with E-state index in [9.17, 15) is 4.39 Å². The van der Waals surface area contributed by atoms with Crippen LogP contribution in [0.1, 0.15) is 5.76 Å². The summed E-state index contributed by atoms with van der Waals surface area (Å²) >= 11 is 0. The van der Waals surface area contributed by atoms with Crippen LogP contribution in [0.25, 0.3) is 11.3 Å². The second-order valence-electron chi connectivity index (χ2n) is 5.17. The lowest BCUT2D eigenvalue weighted by molar-refractivity contribution is 0.174. The van der Waals surface area contributed by atoms with Crippen LogP contribution in [0, 0.1) is 5.82 Å². The number of ether oxygens (including phenoxy) is 2. The molecule has 1 aromatic heterocycles. The summed E-state index contributed by atoms with van der Waals surface area (Å²) in [5, 5.41) is 3.25. The van der Waals surface area contributed by atoms with Gasteiger partial charge in [0.2, 0.25) is 6.79 Å². The van der Waals surface area contributed by atoms with Gasteiger partial charge in [0.1, 0.15) is 17.3 Å². The van der Waals surface area contributed by atoms with Gasteiger partial charge in [-0.05, 0) is 36.4 Å². The molecule has 0 radical (unpaired) electrons. The normalized spacial score (nSPS) is 12.4. The van der Waals surface area contributed by atoms with Crippen molar-refractivity contribution in [1.82, 2.24) is 0 Å². The molecule has 2 aromatic carbocycles. The van der Waals surface area contributed by atoms with Gasteiger partial charge in [-0.2, -0.15) is 0 Å². The first-order chi connectivity index (χ1) is 11.3. The van der Waals surface area contributed by atoms with E-state index in [1.807, 2.05) is 24.3 Å². The van der Waals surface area contributed by atoms with E-state index in [0.717, 1.165) is 22.9 Å². The smallest absolute Gasteiger partial charge is 0.231 e. The second-order valence-corrected chi connectivity index (χ2v) is 5.17. The summed E-state index contributed by atoms with van der Waals surface area (Å²) < 4.78 is 30.1. The summed E-state index contributed by atoms with van der Waals surface area (Å²) in [5.74, 6) is 2.42. The van der Waals surface area contributed by atoms with Crippen molar-refractivity contribution in [3.05, 3.63) is 66.2 Å². The van der Waals surface area contributed by atoms with E-state index in [1.165, 1.54) is 6.07 Å². The summed E-state index contributed by atoms with van der Waals surface area (Å²) in [7, 11) is 0. The molecular weight excluding hydrogens is 297 g/mol. The molecule has 1 aliphatic rings. The van der Waals surface area contributed by atoms with Gasteiger partial charge in [0.05, 0.1) is 12.1 Å². The molecular formula is C18H14FNO3. The second kappa shape index (κ2) is 5.68. The zero-order valence-corrected chi connectivity index (χ0v) is 12.2. The Morgan fingerprint density at radius 3 is 2.74 bits per heavy atom. The zero-order chi connectivity index (χ0) is 15.6. The molecule has 116 valence electrons. The van der Waals surface area contributed by atoms with Crippen molar-refractivity contribution in [1.29, 1.82) is 0 Å². The number of benzene rings is 2. The van der Waals surface area contributed by atoms with Crippen LogP contribution in [0.4, 0.5) is 10.1 Å². The van der Waals surface area contributed by atoms with Crippen LogP contribution >= 0.6 is 0 Å². The number of furan rings is 1. The average Bonchev–Trinajstić information content (AvgIpc) is 3.22. The third-order valence-electron chi connectivity index (χ3n) is 3.64. The molecule has 0 amide bonds. The number of hydrogen-bond acceptors (Lipinski definition) is 4. The van der Waals surface area contributed by atoms with E-state index in [4.69, 9.17) is 13.9 Å². The third kappa shape index (κ3) is 2.73. The van der Waals surface area contributed by atoms with Crippen LogP contribution in [0.5, 0.6) is 11.5 Å². The number of fused-ring (bicyclic) bond motifs is 1. The highest BCUT2D eigenvalue weighted by Gasteiger charge is 2.13. The van der Waals surface area contributed by atoms with Gasteiger partial charge in [0.15, 0.2) is 11.5 Å². The Kier molecular flexibility index (Phi) is 3.38. The summed E-state index contributed by atoms with van der Waals surface area (Å²) in [6, 6.07) is 15.8. The molecule has 3 aromatic rings. The lowest BCUT2D eigenvalue weighted by Gasteiger charge is -2.05. The van der Waals surface area contributed by atoms with Gasteiger partial charge in [-0.3, -0.25) is 0 Å². The fraction of sp³-hybridized carbons (Fsp3) is 0.111. The molecule has 1 aliphatic heterocycles. The highest BCUT2D eigenvalue weighted by molar-refractivity contribution is 5.59. The van der Waals surface area contributed by atoms with Crippen LogP contribution in [-0.4, -0.2) is 6.79 Å². The molecule has 0 aliphatic carbocycles. The molecule has 5 heteroatoms. The number of nitrogens with one attached hydrogen (secondary N) is 1. The number of halogens is 1. The maximum atomic E-state index is 13.8. The monoisotopic (exact) mass is 311 g/mol. The first kappa shape index (κ1) is 13.7. The van der Waals surface area contributed by atoms with Gasteiger partial charge in [-0.1, -0.05) is 12.1 Å². The molecule has 0 saturated carbocycles. The Hall–Kier alpha value is -2.95. The molecule has 2 heterocycles. The molecule has 4 rings (SSSR count). The maximum absolute atomic E-state index is 13.8. The quantitative estimate of drug-likeness (QED) is 0.774. The predicted octanol–water partition coefficient (Wildman–Crippen LogP) is 4.43. The van der Waals surface area contributed by atoms with Crippen molar-refractivity contribution in [3.63, 3.8) is 0 Å². The number of anilines is 1. The largest absolute Gasteiger partial charge is 0.459 e. The van der Waals surface area contributed by atoms with E-state index in [2.05, 4.69) is 5.32 Å². The Morgan fingerprint density at radius 1 is 0.957 bits per heavy atom. The topological polar surface area (TPSA) is 43.6 Å². The molecule has 1 N–H and O–H groups in total. The Morgan fingerprint density at radius 2 is 1.83 bits per heavy atom. The van der Waals surface area contributed by atoms with Crippen molar-refractivity contribution < 1.29 is 18.3 Å². The van der Waals surface area contributed by atoms with Crippen LogP contribution < -0.4 is 14.8 Å². The molecule has 0 unspecified atom stereocenters. The first-order valence-corrected chi connectivity index (χ1v) is 7.27.